The smallest absolute Gasteiger partial charge is 0.0543 e. The van der Waals surface area contributed by atoms with Crippen molar-refractivity contribution >= 4 is 0 Å². The molecule has 0 saturated heterocycles. The molecule has 3 atom stereocenters. The van der Waals surface area contributed by atoms with Gasteiger partial charge in [0.2, 0.25) is 0 Å². The van der Waals surface area contributed by atoms with Gasteiger partial charge in [-0.2, -0.15) is 0 Å². The number of rotatable bonds is 1. The van der Waals surface area contributed by atoms with Gasteiger partial charge in [0.15, 0.2) is 0 Å². The fourth-order valence-electron chi connectivity index (χ4n) is 1.74. The third-order valence-electron chi connectivity index (χ3n) is 2.57. The molecule has 1 fully saturated rings. The Morgan fingerprint density at radius 1 is 1.40 bits per heavy atom. The highest BCUT2D eigenvalue weighted by atomic mass is 16.3. The van der Waals surface area contributed by atoms with Gasteiger partial charge in [-0.15, -0.1) is 0 Å². The van der Waals surface area contributed by atoms with E-state index >= 15 is 0 Å². The molecule has 0 bridgehead atoms. The summed E-state index contributed by atoms with van der Waals surface area (Å²) in [5.41, 5.74) is 0.404. The number of hydrogen-bond donors (Lipinski definition) is 1. The summed E-state index contributed by atoms with van der Waals surface area (Å²) in [6, 6.07) is 0. The zero-order chi connectivity index (χ0) is 7.94. The molecule has 1 unspecified atom stereocenters. The molecule has 0 aromatic rings. The summed E-state index contributed by atoms with van der Waals surface area (Å²) in [6.45, 7) is 8.65. The molecule has 60 valence electrons. The van der Waals surface area contributed by atoms with Crippen LogP contribution in [0.4, 0.5) is 0 Å². The normalized spacial score (nSPS) is 35.7. The van der Waals surface area contributed by atoms with E-state index in [4.69, 9.17) is 0 Å². The molecule has 0 aromatic heterocycles. The Labute approximate surface area is 63.4 Å². The molecule has 1 heteroatoms. The fourth-order valence-corrected chi connectivity index (χ4v) is 1.74. The van der Waals surface area contributed by atoms with E-state index in [0.717, 1.165) is 5.92 Å². The van der Waals surface area contributed by atoms with Crippen molar-refractivity contribution < 1.29 is 5.11 Å². The minimum absolute atomic E-state index is 0.0933. The molecule has 1 nitrogen and oxygen atoms in total. The largest absolute Gasteiger partial charge is 0.393 e. The topological polar surface area (TPSA) is 20.2 Å². The molecule has 0 spiro atoms. The van der Waals surface area contributed by atoms with Crippen LogP contribution in [-0.4, -0.2) is 11.2 Å². The fraction of sp³-hybridized carbons (Fsp3) is 1.00. The molecule has 1 N–H and O–H groups in total. The van der Waals surface area contributed by atoms with E-state index in [1.165, 1.54) is 6.42 Å². The first-order valence-electron chi connectivity index (χ1n) is 4.11. The van der Waals surface area contributed by atoms with Gasteiger partial charge in [0.1, 0.15) is 0 Å². The van der Waals surface area contributed by atoms with Crippen LogP contribution in [0.2, 0.25) is 0 Å². The zero-order valence-corrected chi connectivity index (χ0v) is 7.39. The Bertz CT molecular complexity index is 121. The van der Waals surface area contributed by atoms with Crippen molar-refractivity contribution in [1.29, 1.82) is 0 Å². The van der Waals surface area contributed by atoms with Crippen LogP contribution < -0.4 is 0 Å². The maximum absolute atomic E-state index is 9.23. The van der Waals surface area contributed by atoms with Crippen molar-refractivity contribution in [3.05, 3.63) is 0 Å². The third kappa shape index (κ3) is 1.51. The number of aliphatic hydroxyl groups is 1. The molecule has 0 radical (unpaired) electrons. The van der Waals surface area contributed by atoms with Gasteiger partial charge in [0.25, 0.3) is 0 Å². The second kappa shape index (κ2) is 2.23. The Morgan fingerprint density at radius 3 is 2.00 bits per heavy atom. The van der Waals surface area contributed by atoms with Gasteiger partial charge in [0, 0.05) is 0 Å². The Balaban J connectivity index is 2.39. The van der Waals surface area contributed by atoms with Gasteiger partial charge < -0.3 is 5.11 Å². The average Bonchev–Trinajstić information content (AvgIpc) is 2.35. The lowest BCUT2D eigenvalue weighted by Gasteiger charge is -2.18. The molecule has 1 rings (SSSR count). The second-order valence-corrected chi connectivity index (χ2v) is 4.61. The maximum Gasteiger partial charge on any atom is 0.0543 e. The average molecular weight is 142 g/mol. The lowest BCUT2D eigenvalue weighted by molar-refractivity contribution is 0.149. The Morgan fingerprint density at radius 2 is 1.90 bits per heavy atom. The van der Waals surface area contributed by atoms with Crippen LogP contribution in [0.1, 0.15) is 34.1 Å². The van der Waals surface area contributed by atoms with Crippen molar-refractivity contribution in [2.45, 2.75) is 40.2 Å². The van der Waals surface area contributed by atoms with Gasteiger partial charge in [0.05, 0.1) is 6.10 Å². The first-order valence-corrected chi connectivity index (χ1v) is 4.11. The Kier molecular flexibility index (Phi) is 1.80. The van der Waals surface area contributed by atoms with Crippen LogP contribution in [0, 0.1) is 17.3 Å². The minimum atomic E-state index is -0.0933. The highest BCUT2D eigenvalue weighted by molar-refractivity contribution is 4.96. The summed E-state index contributed by atoms with van der Waals surface area (Å²) in [6.07, 6.45) is 1.13. The molecule has 1 saturated carbocycles. The predicted molar refractivity (Wildman–Crippen MR) is 42.7 cm³/mol. The van der Waals surface area contributed by atoms with Crippen molar-refractivity contribution in [3.8, 4) is 0 Å². The lowest BCUT2D eigenvalue weighted by Crippen LogP contribution is -2.14. The predicted octanol–water partition coefficient (Wildman–Crippen LogP) is 2.05. The lowest BCUT2D eigenvalue weighted by atomic mass is 9.88. The quantitative estimate of drug-likeness (QED) is 0.594. The summed E-state index contributed by atoms with van der Waals surface area (Å²) < 4.78 is 0. The van der Waals surface area contributed by atoms with Crippen molar-refractivity contribution in [1.82, 2.24) is 0 Å². The molecule has 0 aromatic carbocycles. The minimum Gasteiger partial charge on any atom is -0.393 e. The van der Waals surface area contributed by atoms with E-state index in [0.29, 0.717) is 11.3 Å². The van der Waals surface area contributed by atoms with E-state index < -0.39 is 0 Å². The van der Waals surface area contributed by atoms with Crippen LogP contribution in [0.5, 0.6) is 0 Å². The number of aliphatic hydroxyl groups excluding tert-OH is 1. The first kappa shape index (κ1) is 8.06. The molecule has 0 aliphatic heterocycles. The van der Waals surface area contributed by atoms with Crippen LogP contribution in [-0.2, 0) is 0 Å². The van der Waals surface area contributed by atoms with E-state index in [1.807, 2.05) is 6.92 Å². The maximum atomic E-state index is 9.23. The van der Waals surface area contributed by atoms with E-state index in [2.05, 4.69) is 20.8 Å². The summed E-state index contributed by atoms with van der Waals surface area (Å²) in [5.74, 6) is 1.34. The van der Waals surface area contributed by atoms with E-state index in [1.54, 1.807) is 0 Å². The van der Waals surface area contributed by atoms with Crippen molar-refractivity contribution in [3.63, 3.8) is 0 Å². The van der Waals surface area contributed by atoms with E-state index in [-0.39, 0.29) is 6.10 Å². The van der Waals surface area contributed by atoms with Crippen molar-refractivity contribution in [2.75, 3.05) is 0 Å². The molecule has 1 aliphatic carbocycles. The van der Waals surface area contributed by atoms with Gasteiger partial charge in [-0.25, -0.2) is 0 Å². The molecule has 0 amide bonds. The summed E-state index contributed by atoms with van der Waals surface area (Å²) >= 11 is 0. The number of hydrogen-bond acceptors (Lipinski definition) is 1. The summed E-state index contributed by atoms with van der Waals surface area (Å²) in [7, 11) is 0. The van der Waals surface area contributed by atoms with Crippen LogP contribution in [0.15, 0.2) is 0 Å². The first-order chi connectivity index (χ1) is 4.43. The highest BCUT2D eigenvalue weighted by Gasteiger charge is 2.47. The van der Waals surface area contributed by atoms with Crippen LogP contribution in [0.3, 0.4) is 0 Å². The van der Waals surface area contributed by atoms with E-state index in [9.17, 15) is 5.11 Å². The molecule has 0 heterocycles. The highest BCUT2D eigenvalue weighted by Crippen LogP contribution is 2.52. The zero-order valence-electron chi connectivity index (χ0n) is 7.39. The molecule has 10 heavy (non-hydrogen) atoms. The standard InChI is InChI=1S/C9H18O/c1-6(10)7-5-8(7)9(2,3)4/h6-8,10H,5H2,1-4H3/t6?,7-,8+/m0/s1. The monoisotopic (exact) mass is 142 g/mol. The van der Waals surface area contributed by atoms with Gasteiger partial charge in [-0.05, 0) is 30.6 Å². The summed E-state index contributed by atoms with van der Waals surface area (Å²) in [5, 5.41) is 9.23. The SMILES string of the molecule is CC(O)[C@@H]1C[C@H]1C(C)(C)C. The second-order valence-electron chi connectivity index (χ2n) is 4.61. The van der Waals surface area contributed by atoms with Crippen molar-refractivity contribution in [2.24, 2.45) is 17.3 Å². The van der Waals surface area contributed by atoms with Crippen LogP contribution >= 0.6 is 0 Å². The van der Waals surface area contributed by atoms with Gasteiger partial charge in [-0.1, -0.05) is 20.8 Å². The molecular weight excluding hydrogens is 124 g/mol. The molecule has 1 aliphatic rings. The van der Waals surface area contributed by atoms with Gasteiger partial charge >= 0.3 is 0 Å². The van der Waals surface area contributed by atoms with Gasteiger partial charge in [-0.3, -0.25) is 0 Å². The Hall–Kier alpha value is -0.0400. The van der Waals surface area contributed by atoms with Crippen LogP contribution in [0.25, 0.3) is 0 Å². The third-order valence-corrected chi connectivity index (χ3v) is 2.57. The summed E-state index contributed by atoms with van der Waals surface area (Å²) in [4.78, 5) is 0. The molecular formula is C9H18O.